The third kappa shape index (κ3) is 4.37. The molecule has 0 saturated carbocycles. The second kappa shape index (κ2) is 9.18. The van der Waals surface area contributed by atoms with Crippen LogP contribution in [0.4, 0.5) is 4.39 Å². The molecule has 156 valence electrons. The Balaban J connectivity index is 1.48. The van der Waals surface area contributed by atoms with Crippen LogP contribution in [0.2, 0.25) is 5.02 Å². The van der Waals surface area contributed by atoms with E-state index in [1.165, 1.54) is 11.6 Å². The normalized spacial score (nSPS) is 16.2. The van der Waals surface area contributed by atoms with Crippen LogP contribution in [-0.2, 0) is 24.0 Å². The number of hydrogen-bond donors (Lipinski definition) is 0. The van der Waals surface area contributed by atoms with Crippen LogP contribution in [-0.4, -0.2) is 32.1 Å². The quantitative estimate of drug-likeness (QED) is 0.512. The molecule has 1 fully saturated rings. The smallest absolute Gasteiger partial charge is 0.227 e. The van der Waals surface area contributed by atoms with Crippen LogP contribution in [0.3, 0.4) is 0 Å². The first-order chi connectivity index (χ1) is 14.5. The van der Waals surface area contributed by atoms with Gasteiger partial charge in [0, 0.05) is 29.9 Å². The lowest BCUT2D eigenvalue weighted by atomic mass is 10.1. The van der Waals surface area contributed by atoms with Gasteiger partial charge in [0.25, 0.3) is 0 Å². The lowest BCUT2D eigenvalue weighted by molar-refractivity contribution is -0.131. The van der Waals surface area contributed by atoms with Gasteiger partial charge in [-0.1, -0.05) is 59.8 Å². The van der Waals surface area contributed by atoms with Gasteiger partial charge in [-0.3, -0.25) is 4.79 Å². The van der Waals surface area contributed by atoms with Crippen molar-refractivity contribution in [3.63, 3.8) is 0 Å². The Bertz CT molecular complexity index is 1020. The SMILES string of the molecule is Cn1c(SCc2ccccc2)nnc1C1CCCN1C(=O)Cc1c(F)cccc1Cl. The summed E-state index contributed by atoms with van der Waals surface area (Å²) < 4.78 is 16.1. The predicted octanol–water partition coefficient (Wildman–Crippen LogP) is 4.81. The second-order valence-corrected chi connectivity index (χ2v) is 8.65. The predicted molar refractivity (Wildman–Crippen MR) is 116 cm³/mol. The van der Waals surface area contributed by atoms with Gasteiger partial charge in [0.05, 0.1) is 12.5 Å². The number of halogens is 2. The van der Waals surface area contributed by atoms with Gasteiger partial charge in [-0.15, -0.1) is 10.2 Å². The molecular formula is C22H22ClFN4OS. The Hall–Kier alpha value is -2.38. The third-order valence-electron chi connectivity index (χ3n) is 5.34. The van der Waals surface area contributed by atoms with Gasteiger partial charge >= 0.3 is 0 Å². The maximum atomic E-state index is 14.1. The topological polar surface area (TPSA) is 51.0 Å². The van der Waals surface area contributed by atoms with Gasteiger partial charge in [-0.25, -0.2) is 4.39 Å². The highest BCUT2D eigenvalue weighted by Crippen LogP contribution is 2.33. The number of nitrogens with zero attached hydrogens (tertiary/aromatic N) is 4. The largest absolute Gasteiger partial charge is 0.332 e. The average molecular weight is 445 g/mol. The molecule has 30 heavy (non-hydrogen) atoms. The number of carbonyl (C=O) groups is 1. The fraction of sp³-hybridized carbons (Fsp3) is 0.318. The minimum atomic E-state index is -0.454. The van der Waals surface area contributed by atoms with Gasteiger partial charge in [0.1, 0.15) is 5.82 Å². The first-order valence-corrected chi connectivity index (χ1v) is 11.2. The Morgan fingerprint density at radius 2 is 2.00 bits per heavy atom. The van der Waals surface area contributed by atoms with Crippen molar-refractivity contribution in [2.24, 2.45) is 7.05 Å². The summed E-state index contributed by atoms with van der Waals surface area (Å²) in [5.74, 6) is 0.957. The summed E-state index contributed by atoms with van der Waals surface area (Å²) >= 11 is 7.72. The van der Waals surface area contributed by atoms with Crippen molar-refractivity contribution >= 4 is 29.3 Å². The van der Waals surface area contributed by atoms with E-state index in [1.54, 1.807) is 28.8 Å². The van der Waals surface area contributed by atoms with Crippen LogP contribution in [0, 0.1) is 5.82 Å². The molecule has 1 aromatic heterocycles. The molecule has 1 saturated heterocycles. The summed E-state index contributed by atoms with van der Waals surface area (Å²) in [6.07, 6.45) is 1.63. The molecule has 3 aromatic rings. The molecule has 4 rings (SSSR count). The molecule has 0 N–H and O–H groups in total. The van der Waals surface area contributed by atoms with Gasteiger partial charge in [-0.2, -0.15) is 0 Å². The van der Waals surface area contributed by atoms with Crippen LogP contribution in [0.15, 0.2) is 53.7 Å². The number of hydrogen-bond acceptors (Lipinski definition) is 4. The van der Waals surface area contributed by atoms with E-state index in [0.29, 0.717) is 6.54 Å². The number of rotatable bonds is 6. The molecule has 2 heterocycles. The van der Waals surface area contributed by atoms with Crippen molar-refractivity contribution < 1.29 is 9.18 Å². The zero-order valence-corrected chi connectivity index (χ0v) is 18.2. The average Bonchev–Trinajstić information content (AvgIpc) is 3.36. The van der Waals surface area contributed by atoms with Gasteiger partial charge in [-0.05, 0) is 30.5 Å². The summed E-state index contributed by atoms with van der Waals surface area (Å²) in [6.45, 7) is 0.620. The lowest BCUT2D eigenvalue weighted by Crippen LogP contribution is -2.33. The molecule has 0 bridgehead atoms. The van der Waals surface area contributed by atoms with Crippen molar-refractivity contribution in [3.05, 3.63) is 76.3 Å². The molecule has 1 atom stereocenters. The first kappa shape index (κ1) is 20.9. The summed E-state index contributed by atoms with van der Waals surface area (Å²) in [5, 5.41) is 9.81. The number of likely N-dealkylation sites (tertiary alicyclic amines) is 1. The molecule has 1 aliphatic heterocycles. The Morgan fingerprint density at radius 1 is 1.20 bits per heavy atom. The standard InChI is InChI=1S/C22H22ClFN4OS/c1-27-21(25-26-22(27)30-14-15-7-3-2-4-8-15)19-11-6-12-28(19)20(29)13-16-17(23)9-5-10-18(16)24/h2-5,7-10,19H,6,11-14H2,1H3. The monoisotopic (exact) mass is 444 g/mol. The highest BCUT2D eigenvalue weighted by molar-refractivity contribution is 7.98. The minimum Gasteiger partial charge on any atom is -0.332 e. The molecule has 5 nitrogen and oxygen atoms in total. The van der Waals surface area contributed by atoms with Crippen LogP contribution >= 0.6 is 23.4 Å². The number of carbonyl (C=O) groups excluding carboxylic acids is 1. The van der Waals surface area contributed by atoms with E-state index < -0.39 is 5.82 Å². The number of aromatic nitrogens is 3. The van der Waals surface area contributed by atoms with E-state index in [4.69, 9.17) is 11.6 Å². The number of thioether (sulfide) groups is 1. The van der Waals surface area contributed by atoms with E-state index in [1.807, 2.05) is 29.8 Å². The van der Waals surface area contributed by atoms with Crippen LogP contribution in [0.5, 0.6) is 0 Å². The van der Waals surface area contributed by atoms with E-state index >= 15 is 0 Å². The highest BCUT2D eigenvalue weighted by atomic mass is 35.5. The Morgan fingerprint density at radius 3 is 2.77 bits per heavy atom. The summed E-state index contributed by atoms with van der Waals surface area (Å²) in [5.41, 5.74) is 1.46. The van der Waals surface area contributed by atoms with Crippen LogP contribution < -0.4 is 0 Å². The highest BCUT2D eigenvalue weighted by Gasteiger charge is 2.34. The number of benzene rings is 2. The Kier molecular flexibility index (Phi) is 6.39. The zero-order chi connectivity index (χ0) is 21.1. The first-order valence-electron chi connectivity index (χ1n) is 9.83. The van der Waals surface area contributed by atoms with Gasteiger partial charge in [0.15, 0.2) is 11.0 Å². The molecule has 0 aliphatic carbocycles. The number of amides is 1. The fourth-order valence-corrected chi connectivity index (χ4v) is 4.86. The van der Waals surface area contributed by atoms with E-state index in [0.717, 1.165) is 29.6 Å². The molecule has 1 amide bonds. The maximum Gasteiger partial charge on any atom is 0.227 e. The van der Waals surface area contributed by atoms with Gasteiger partial charge in [0.2, 0.25) is 5.91 Å². The molecule has 2 aromatic carbocycles. The summed E-state index contributed by atoms with van der Waals surface area (Å²) in [7, 11) is 1.93. The van der Waals surface area contributed by atoms with Crippen LogP contribution in [0.1, 0.15) is 35.8 Å². The van der Waals surface area contributed by atoms with Crippen LogP contribution in [0.25, 0.3) is 0 Å². The zero-order valence-electron chi connectivity index (χ0n) is 16.6. The van der Waals surface area contributed by atoms with E-state index in [9.17, 15) is 9.18 Å². The molecule has 1 unspecified atom stereocenters. The molecule has 0 spiro atoms. The molecular weight excluding hydrogens is 423 g/mol. The molecule has 0 radical (unpaired) electrons. The van der Waals surface area contributed by atoms with E-state index in [-0.39, 0.29) is 29.0 Å². The summed E-state index contributed by atoms with van der Waals surface area (Å²) in [6, 6.07) is 14.5. The van der Waals surface area contributed by atoms with Crippen molar-refractivity contribution in [2.45, 2.75) is 36.2 Å². The molecule has 8 heteroatoms. The Labute approximate surface area is 184 Å². The third-order valence-corrected chi connectivity index (χ3v) is 6.79. The van der Waals surface area contributed by atoms with Crippen molar-refractivity contribution in [1.29, 1.82) is 0 Å². The minimum absolute atomic E-state index is 0.0600. The van der Waals surface area contributed by atoms with Crippen molar-refractivity contribution in [2.75, 3.05) is 6.54 Å². The van der Waals surface area contributed by atoms with Crippen molar-refractivity contribution in [1.82, 2.24) is 19.7 Å². The van der Waals surface area contributed by atoms with Crippen molar-refractivity contribution in [3.8, 4) is 0 Å². The lowest BCUT2D eigenvalue weighted by Gasteiger charge is -2.24. The van der Waals surface area contributed by atoms with Gasteiger partial charge < -0.3 is 9.47 Å². The van der Waals surface area contributed by atoms with E-state index in [2.05, 4.69) is 22.3 Å². The fourth-order valence-electron chi connectivity index (χ4n) is 3.75. The second-order valence-electron chi connectivity index (χ2n) is 7.30. The maximum absolute atomic E-state index is 14.1. The molecule has 1 aliphatic rings. The summed E-state index contributed by atoms with van der Waals surface area (Å²) in [4.78, 5) is 14.7.